The summed E-state index contributed by atoms with van der Waals surface area (Å²) in [5.74, 6) is -0.225. The van der Waals surface area contributed by atoms with E-state index in [0.29, 0.717) is 6.42 Å². The number of esters is 1. The Hall–Kier alpha value is -0.570. The number of rotatable bonds is 3. The Bertz CT molecular complexity index is 172. The van der Waals surface area contributed by atoms with E-state index in [9.17, 15) is 9.90 Å². The number of carbonyl (C=O) groups is 1. The van der Waals surface area contributed by atoms with E-state index in [1.54, 1.807) is 34.6 Å². The average Bonchev–Trinajstić information content (AvgIpc) is 1.82. The van der Waals surface area contributed by atoms with E-state index >= 15 is 0 Å². The van der Waals surface area contributed by atoms with Gasteiger partial charge in [-0.15, -0.1) is 0 Å². The van der Waals surface area contributed by atoms with E-state index in [-0.39, 0.29) is 12.6 Å². The quantitative estimate of drug-likeness (QED) is 0.686. The van der Waals surface area contributed by atoms with Gasteiger partial charge in [0.05, 0.1) is 17.6 Å². The first-order valence-corrected chi connectivity index (χ1v) is 4.52. The lowest BCUT2D eigenvalue weighted by molar-refractivity contribution is -0.154. The topological polar surface area (TPSA) is 46.5 Å². The maximum absolute atomic E-state index is 11.2. The van der Waals surface area contributed by atoms with E-state index in [1.165, 1.54) is 0 Å². The summed E-state index contributed by atoms with van der Waals surface area (Å²) < 4.78 is 4.98. The highest BCUT2D eigenvalue weighted by molar-refractivity contribution is 5.75. The number of hydrogen-bond acceptors (Lipinski definition) is 3. The average molecular weight is 188 g/mol. The van der Waals surface area contributed by atoms with Gasteiger partial charge in [-0.3, -0.25) is 4.79 Å². The molecule has 0 aromatic carbocycles. The first-order chi connectivity index (χ1) is 5.63. The summed E-state index contributed by atoms with van der Waals surface area (Å²) in [7, 11) is 0. The van der Waals surface area contributed by atoms with Crippen LogP contribution in [0, 0.1) is 5.41 Å². The molecule has 0 rings (SSSR count). The van der Waals surface area contributed by atoms with Crippen LogP contribution in [-0.2, 0) is 9.53 Å². The first kappa shape index (κ1) is 12.4. The van der Waals surface area contributed by atoms with E-state index in [0.717, 1.165) is 0 Å². The zero-order valence-electron chi connectivity index (χ0n) is 9.18. The number of ether oxygens (including phenoxy) is 1. The molecule has 3 heteroatoms. The van der Waals surface area contributed by atoms with Crippen molar-refractivity contribution in [1.29, 1.82) is 0 Å². The van der Waals surface area contributed by atoms with Crippen molar-refractivity contribution in [3.63, 3.8) is 0 Å². The second-order valence-electron chi connectivity index (χ2n) is 4.95. The van der Waals surface area contributed by atoms with E-state index in [1.807, 2.05) is 0 Å². The van der Waals surface area contributed by atoms with Gasteiger partial charge < -0.3 is 9.84 Å². The van der Waals surface area contributed by atoms with Crippen LogP contribution >= 0.6 is 0 Å². The lowest BCUT2D eigenvalue weighted by atomic mass is 9.97. The molecule has 0 aliphatic carbocycles. The summed E-state index contributed by atoms with van der Waals surface area (Å²) in [6.45, 7) is 9.08. The second-order valence-corrected chi connectivity index (χ2v) is 4.95. The fourth-order valence-corrected chi connectivity index (χ4v) is 0.610. The Morgan fingerprint density at radius 1 is 1.23 bits per heavy atom. The number of aliphatic hydroxyl groups is 1. The lowest BCUT2D eigenvalue weighted by Crippen LogP contribution is -2.27. The van der Waals surface area contributed by atoms with Gasteiger partial charge in [-0.2, -0.15) is 0 Å². The Morgan fingerprint density at radius 2 is 1.69 bits per heavy atom. The molecule has 13 heavy (non-hydrogen) atoms. The van der Waals surface area contributed by atoms with Crippen molar-refractivity contribution in [3.05, 3.63) is 0 Å². The van der Waals surface area contributed by atoms with Crippen molar-refractivity contribution in [2.45, 2.75) is 46.6 Å². The molecular weight excluding hydrogens is 168 g/mol. The van der Waals surface area contributed by atoms with Crippen molar-refractivity contribution < 1.29 is 14.6 Å². The van der Waals surface area contributed by atoms with Crippen LogP contribution in [0.5, 0.6) is 0 Å². The third-order valence-electron chi connectivity index (χ3n) is 1.56. The molecule has 0 bridgehead atoms. The predicted octanol–water partition coefficient (Wildman–Crippen LogP) is 1.74. The van der Waals surface area contributed by atoms with Crippen LogP contribution < -0.4 is 0 Å². The summed E-state index contributed by atoms with van der Waals surface area (Å²) in [6.07, 6.45) is 0.467. The highest BCUT2D eigenvalue weighted by atomic mass is 16.5. The third-order valence-corrected chi connectivity index (χ3v) is 1.56. The molecule has 0 amide bonds. The molecule has 0 saturated carbocycles. The van der Waals surface area contributed by atoms with Crippen LogP contribution in [0.25, 0.3) is 0 Å². The molecule has 0 aliphatic rings. The van der Waals surface area contributed by atoms with E-state index in [2.05, 4.69) is 0 Å². The van der Waals surface area contributed by atoms with Crippen molar-refractivity contribution in [2.75, 3.05) is 6.61 Å². The SMILES string of the molecule is CC(C)(O)CCOC(=O)C(C)(C)C. The number of carbonyl (C=O) groups excluding carboxylic acids is 1. The molecule has 0 aromatic heterocycles. The molecule has 0 radical (unpaired) electrons. The van der Waals surface area contributed by atoms with Crippen molar-refractivity contribution in [2.24, 2.45) is 5.41 Å². The molecule has 78 valence electrons. The Labute approximate surface area is 80.1 Å². The van der Waals surface area contributed by atoms with Crippen LogP contribution in [0.3, 0.4) is 0 Å². The lowest BCUT2D eigenvalue weighted by Gasteiger charge is -2.20. The molecule has 0 spiro atoms. The monoisotopic (exact) mass is 188 g/mol. The van der Waals surface area contributed by atoms with Crippen LogP contribution in [0.1, 0.15) is 41.0 Å². The molecule has 0 unspecified atom stereocenters. The molecule has 0 atom stereocenters. The maximum atomic E-state index is 11.2. The Morgan fingerprint density at radius 3 is 2.00 bits per heavy atom. The van der Waals surface area contributed by atoms with Gasteiger partial charge in [-0.1, -0.05) is 0 Å². The zero-order valence-corrected chi connectivity index (χ0v) is 9.18. The minimum atomic E-state index is -0.766. The van der Waals surface area contributed by atoms with Gasteiger partial charge in [-0.05, 0) is 34.6 Å². The minimum absolute atomic E-state index is 0.225. The van der Waals surface area contributed by atoms with Crippen molar-refractivity contribution in [1.82, 2.24) is 0 Å². The highest BCUT2D eigenvalue weighted by Crippen LogP contribution is 2.16. The normalized spacial score (nSPS) is 12.8. The molecule has 0 heterocycles. The largest absolute Gasteiger partial charge is 0.465 e. The van der Waals surface area contributed by atoms with Gasteiger partial charge in [0.1, 0.15) is 0 Å². The molecule has 0 aliphatic heterocycles. The summed E-state index contributed by atoms with van der Waals surface area (Å²) in [5.41, 5.74) is -1.22. The van der Waals surface area contributed by atoms with Gasteiger partial charge in [0.15, 0.2) is 0 Å². The fraction of sp³-hybridized carbons (Fsp3) is 0.900. The van der Waals surface area contributed by atoms with Gasteiger partial charge >= 0.3 is 5.97 Å². The molecule has 1 N–H and O–H groups in total. The summed E-state index contributed by atoms with van der Waals surface area (Å²) in [4.78, 5) is 11.2. The molecule has 0 fully saturated rings. The Kier molecular flexibility index (Phi) is 3.91. The van der Waals surface area contributed by atoms with Crippen LogP contribution in [0.4, 0.5) is 0 Å². The molecule has 3 nitrogen and oxygen atoms in total. The summed E-state index contributed by atoms with van der Waals surface area (Å²) in [6, 6.07) is 0. The van der Waals surface area contributed by atoms with Crippen LogP contribution in [0.15, 0.2) is 0 Å². The van der Waals surface area contributed by atoms with Gasteiger partial charge in [-0.25, -0.2) is 0 Å². The smallest absolute Gasteiger partial charge is 0.311 e. The minimum Gasteiger partial charge on any atom is -0.465 e. The van der Waals surface area contributed by atoms with Gasteiger partial charge in [0, 0.05) is 6.42 Å². The molecule has 0 saturated heterocycles. The summed E-state index contributed by atoms with van der Waals surface area (Å²) >= 11 is 0. The Balaban J connectivity index is 3.74. The van der Waals surface area contributed by atoms with Crippen molar-refractivity contribution >= 4 is 5.97 Å². The summed E-state index contributed by atoms with van der Waals surface area (Å²) in [5, 5.41) is 9.34. The van der Waals surface area contributed by atoms with Crippen LogP contribution in [-0.4, -0.2) is 23.3 Å². The van der Waals surface area contributed by atoms with Crippen LogP contribution in [0.2, 0.25) is 0 Å². The number of hydrogen-bond donors (Lipinski definition) is 1. The van der Waals surface area contributed by atoms with E-state index in [4.69, 9.17) is 4.74 Å². The molecule has 0 aromatic rings. The third kappa shape index (κ3) is 6.58. The van der Waals surface area contributed by atoms with Gasteiger partial charge in [0.2, 0.25) is 0 Å². The maximum Gasteiger partial charge on any atom is 0.311 e. The second kappa shape index (κ2) is 4.09. The highest BCUT2D eigenvalue weighted by Gasteiger charge is 2.23. The van der Waals surface area contributed by atoms with Crippen molar-refractivity contribution in [3.8, 4) is 0 Å². The van der Waals surface area contributed by atoms with E-state index < -0.39 is 11.0 Å². The molecular formula is C10H20O3. The fourth-order valence-electron chi connectivity index (χ4n) is 0.610. The standard InChI is InChI=1S/C10H20O3/c1-9(2,3)8(11)13-7-6-10(4,5)12/h12H,6-7H2,1-5H3. The van der Waals surface area contributed by atoms with Gasteiger partial charge in [0.25, 0.3) is 0 Å². The first-order valence-electron chi connectivity index (χ1n) is 4.52. The zero-order chi connectivity index (χ0) is 10.7. The predicted molar refractivity (Wildman–Crippen MR) is 51.3 cm³/mol.